The van der Waals surface area contributed by atoms with Crippen LogP contribution in [-0.2, 0) is 0 Å². The summed E-state index contributed by atoms with van der Waals surface area (Å²) in [5.41, 5.74) is 2.11. The zero-order valence-corrected chi connectivity index (χ0v) is 18.7. The predicted octanol–water partition coefficient (Wildman–Crippen LogP) is 3.37. The van der Waals surface area contributed by atoms with Crippen molar-refractivity contribution in [1.29, 1.82) is 0 Å². The van der Waals surface area contributed by atoms with E-state index in [1.165, 1.54) is 24.0 Å². The van der Waals surface area contributed by atoms with Gasteiger partial charge in [0.2, 0.25) is 0 Å². The van der Waals surface area contributed by atoms with Crippen molar-refractivity contribution in [2.75, 3.05) is 20.8 Å². The number of benzene rings is 2. The first-order valence-corrected chi connectivity index (χ1v) is 10.5. The highest BCUT2D eigenvalue weighted by atomic mass is 19.1. The van der Waals surface area contributed by atoms with Gasteiger partial charge in [0.1, 0.15) is 5.75 Å². The SMILES string of the molecule is COc1cc(C(=O)N2CC[C@H]2c2noc(-c3cccc(F)c3OC)n2)c(-n2nccn2)cc1C. The molecule has 11 heteroatoms. The van der Waals surface area contributed by atoms with Crippen LogP contribution in [-0.4, -0.2) is 56.7 Å². The first-order chi connectivity index (χ1) is 16.5. The summed E-state index contributed by atoms with van der Waals surface area (Å²) in [6.07, 6.45) is 3.74. The van der Waals surface area contributed by atoms with Crippen LogP contribution in [0.25, 0.3) is 17.1 Å². The first-order valence-electron chi connectivity index (χ1n) is 10.5. The Kier molecular flexibility index (Phi) is 5.44. The molecule has 0 unspecified atom stereocenters. The van der Waals surface area contributed by atoms with E-state index >= 15 is 0 Å². The Bertz CT molecular complexity index is 1350. The lowest BCUT2D eigenvalue weighted by atomic mass is 9.99. The molecular weight excluding hydrogens is 443 g/mol. The summed E-state index contributed by atoms with van der Waals surface area (Å²) in [6, 6.07) is 7.55. The van der Waals surface area contributed by atoms with Gasteiger partial charge in [-0.25, -0.2) is 4.39 Å². The number of hydrogen-bond acceptors (Lipinski definition) is 8. The number of hydrogen-bond donors (Lipinski definition) is 0. The largest absolute Gasteiger partial charge is 0.496 e. The molecule has 4 aromatic rings. The van der Waals surface area contributed by atoms with Gasteiger partial charge in [-0.05, 0) is 43.2 Å². The Morgan fingerprint density at radius 2 is 1.97 bits per heavy atom. The van der Waals surface area contributed by atoms with Gasteiger partial charge in [-0.1, -0.05) is 11.2 Å². The number of rotatable bonds is 6. The average Bonchev–Trinajstić information content (AvgIpc) is 3.50. The van der Waals surface area contributed by atoms with Gasteiger partial charge < -0.3 is 18.9 Å². The highest BCUT2D eigenvalue weighted by Crippen LogP contribution is 2.37. The van der Waals surface area contributed by atoms with Crippen LogP contribution in [0, 0.1) is 12.7 Å². The maximum absolute atomic E-state index is 14.1. The topological polar surface area (TPSA) is 108 Å². The van der Waals surface area contributed by atoms with E-state index in [0.717, 1.165) is 5.56 Å². The number of aromatic nitrogens is 5. The van der Waals surface area contributed by atoms with Crippen LogP contribution in [0.2, 0.25) is 0 Å². The molecule has 5 rings (SSSR count). The lowest BCUT2D eigenvalue weighted by molar-refractivity contribution is 0.0435. The zero-order chi connectivity index (χ0) is 23.8. The minimum Gasteiger partial charge on any atom is -0.496 e. The Balaban J connectivity index is 1.47. The summed E-state index contributed by atoms with van der Waals surface area (Å²) in [5, 5.41) is 12.4. The summed E-state index contributed by atoms with van der Waals surface area (Å²) in [6.45, 7) is 2.40. The van der Waals surface area contributed by atoms with E-state index in [2.05, 4.69) is 20.3 Å². The summed E-state index contributed by atoms with van der Waals surface area (Å²) >= 11 is 0. The molecule has 174 valence electrons. The lowest BCUT2D eigenvalue weighted by Crippen LogP contribution is -2.46. The third-order valence-electron chi connectivity index (χ3n) is 5.80. The molecule has 1 aliphatic rings. The second kappa shape index (κ2) is 8.58. The van der Waals surface area contributed by atoms with Crippen LogP contribution in [0.15, 0.2) is 47.2 Å². The van der Waals surface area contributed by atoms with Crippen molar-refractivity contribution in [2.24, 2.45) is 0 Å². The maximum atomic E-state index is 14.1. The number of para-hydroxylation sites is 1. The molecular formula is C23H21FN6O4. The smallest absolute Gasteiger partial charge is 0.261 e. The predicted molar refractivity (Wildman–Crippen MR) is 117 cm³/mol. The van der Waals surface area contributed by atoms with Crippen LogP contribution in [0.3, 0.4) is 0 Å². The van der Waals surface area contributed by atoms with Gasteiger partial charge in [0, 0.05) is 6.54 Å². The quantitative estimate of drug-likeness (QED) is 0.427. The number of amides is 1. The van der Waals surface area contributed by atoms with Gasteiger partial charge >= 0.3 is 0 Å². The molecule has 0 spiro atoms. The maximum Gasteiger partial charge on any atom is 0.261 e. The molecule has 0 bridgehead atoms. The molecule has 0 N–H and O–H groups in total. The van der Waals surface area contributed by atoms with E-state index in [9.17, 15) is 9.18 Å². The molecule has 0 saturated carbocycles. The van der Waals surface area contributed by atoms with Crippen LogP contribution in [0.4, 0.5) is 4.39 Å². The molecule has 1 fully saturated rings. The van der Waals surface area contributed by atoms with Crippen molar-refractivity contribution in [2.45, 2.75) is 19.4 Å². The van der Waals surface area contributed by atoms with Crippen LogP contribution < -0.4 is 9.47 Å². The number of ether oxygens (including phenoxy) is 2. The number of methoxy groups -OCH3 is 2. The van der Waals surface area contributed by atoms with Crippen molar-refractivity contribution in [3.63, 3.8) is 0 Å². The molecule has 1 aliphatic heterocycles. The number of halogens is 1. The number of nitrogens with zero attached hydrogens (tertiary/aromatic N) is 6. The van der Waals surface area contributed by atoms with Gasteiger partial charge in [-0.2, -0.15) is 20.0 Å². The van der Waals surface area contributed by atoms with Crippen LogP contribution in [0.1, 0.15) is 34.2 Å². The molecule has 1 saturated heterocycles. The standard InChI is InChI=1S/C23H21FN6O4/c1-13-11-18(30-25-8-9-26-30)15(12-19(13)32-2)23(31)29-10-7-17(29)21-27-22(34-28-21)14-5-4-6-16(24)20(14)33-3/h4-6,8-9,11-12,17H,7,10H2,1-3H3/t17-/m0/s1. The van der Waals surface area contributed by atoms with Crippen molar-refractivity contribution >= 4 is 5.91 Å². The van der Waals surface area contributed by atoms with Crippen molar-refractivity contribution in [3.8, 4) is 28.6 Å². The number of carbonyl (C=O) groups excluding carboxylic acids is 1. The van der Waals surface area contributed by atoms with Crippen molar-refractivity contribution in [1.82, 2.24) is 30.0 Å². The number of carbonyl (C=O) groups is 1. The minimum atomic E-state index is -0.534. The Morgan fingerprint density at radius 1 is 1.18 bits per heavy atom. The molecule has 1 amide bonds. The molecule has 0 radical (unpaired) electrons. The van der Waals surface area contributed by atoms with E-state index in [-0.39, 0.29) is 17.5 Å². The minimum absolute atomic E-state index is 0.0161. The lowest BCUT2D eigenvalue weighted by Gasteiger charge is -2.39. The summed E-state index contributed by atoms with van der Waals surface area (Å²) in [5.74, 6) is 0.270. The van der Waals surface area contributed by atoms with Gasteiger partial charge in [0.15, 0.2) is 17.4 Å². The van der Waals surface area contributed by atoms with Crippen LogP contribution in [0.5, 0.6) is 11.5 Å². The first kappa shape index (κ1) is 21.6. The van der Waals surface area contributed by atoms with E-state index in [4.69, 9.17) is 14.0 Å². The zero-order valence-electron chi connectivity index (χ0n) is 18.7. The summed E-state index contributed by atoms with van der Waals surface area (Å²) in [4.78, 5) is 21.0. The molecule has 2 aromatic carbocycles. The Labute approximate surface area is 193 Å². The third kappa shape index (κ3) is 3.54. The average molecular weight is 464 g/mol. The fraction of sp³-hybridized carbons (Fsp3) is 0.261. The second-order valence-electron chi connectivity index (χ2n) is 7.74. The third-order valence-corrected chi connectivity index (χ3v) is 5.80. The number of likely N-dealkylation sites (tertiary alicyclic amines) is 1. The van der Waals surface area contributed by atoms with E-state index in [1.807, 2.05) is 13.0 Å². The van der Waals surface area contributed by atoms with Gasteiger partial charge in [0.05, 0.1) is 49.5 Å². The molecule has 1 atom stereocenters. The van der Waals surface area contributed by atoms with E-state index in [1.54, 1.807) is 36.5 Å². The van der Waals surface area contributed by atoms with Crippen molar-refractivity contribution in [3.05, 3.63) is 65.5 Å². The summed E-state index contributed by atoms with van der Waals surface area (Å²) in [7, 11) is 2.92. The van der Waals surface area contributed by atoms with Crippen LogP contribution >= 0.6 is 0 Å². The van der Waals surface area contributed by atoms with Gasteiger partial charge in [0.25, 0.3) is 11.8 Å². The molecule has 0 aliphatic carbocycles. The fourth-order valence-corrected chi connectivity index (χ4v) is 3.99. The Morgan fingerprint density at radius 3 is 2.65 bits per heavy atom. The Hall–Kier alpha value is -4.28. The monoisotopic (exact) mass is 464 g/mol. The molecule has 34 heavy (non-hydrogen) atoms. The van der Waals surface area contributed by atoms with Gasteiger partial charge in [-0.15, -0.1) is 0 Å². The summed E-state index contributed by atoms with van der Waals surface area (Å²) < 4.78 is 30.0. The van der Waals surface area contributed by atoms with E-state index < -0.39 is 11.9 Å². The highest BCUT2D eigenvalue weighted by molar-refractivity contribution is 5.99. The van der Waals surface area contributed by atoms with E-state index in [0.29, 0.717) is 41.4 Å². The van der Waals surface area contributed by atoms with Gasteiger partial charge in [-0.3, -0.25) is 4.79 Å². The number of aryl methyl sites for hydroxylation is 1. The molecule has 3 heterocycles. The molecule has 2 aromatic heterocycles. The normalized spacial score (nSPS) is 15.2. The van der Waals surface area contributed by atoms with Crippen molar-refractivity contribution < 1.29 is 23.2 Å². The fourth-order valence-electron chi connectivity index (χ4n) is 3.99. The molecule has 10 nitrogen and oxygen atoms in total. The second-order valence-corrected chi connectivity index (χ2v) is 7.74. The highest BCUT2D eigenvalue weighted by Gasteiger charge is 2.38.